The molecule has 33 heavy (non-hydrogen) atoms. The number of carbonyl (C=O) groups is 2. The van der Waals surface area contributed by atoms with E-state index in [1.807, 2.05) is 11.5 Å². The average Bonchev–Trinajstić information content (AvgIpc) is 3.48. The summed E-state index contributed by atoms with van der Waals surface area (Å²) in [4.78, 5) is 27.6. The second-order valence-corrected chi connectivity index (χ2v) is 11.2. The van der Waals surface area contributed by atoms with Crippen LogP contribution in [0.25, 0.3) is 5.69 Å². The molecule has 1 unspecified atom stereocenters. The number of carbonyl (C=O) groups excluding carboxylic acids is 2. The lowest BCUT2D eigenvalue weighted by Crippen LogP contribution is -2.48. The fourth-order valence-electron chi connectivity index (χ4n) is 5.12. The highest BCUT2D eigenvalue weighted by atomic mass is 32.2. The van der Waals surface area contributed by atoms with Gasteiger partial charge in [0.1, 0.15) is 5.82 Å². The molecular formula is C24H29FN2O5S. The molecule has 2 heterocycles. The lowest BCUT2D eigenvalue weighted by molar-refractivity contribution is -0.139. The molecule has 4 rings (SSSR count). The number of hydrogen-bond donors (Lipinski definition) is 0. The van der Waals surface area contributed by atoms with Crippen molar-refractivity contribution in [1.29, 1.82) is 0 Å². The average molecular weight is 477 g/mol. The van der Waals surface area contributed by atoms with E-state index < -0.39 is 22.4 Å². The van der Waals surface area contributed by atoms with Crippen molar-refractivity contribution in [3.63, 3.8) is 0 Å². The Morgan fingerprint density at radius 3 is 2.36 bits per heavy atom. The summed E-state index contributed by atoms with van der Waals surface area (Å²) in [5.74, 6) is -1.24. The van der Waals surface area contributed by atoms with Crippen LogP contribution in [0.2, 0.25) is 0 Å². The molecule has 1 saturated heterocycles. The highest BCUT2D eigenvalue weighted by Crippen LogP contribution is 2.29. The van der Waals surface area contributed by atoms with Gasteiger partial charge in [0.05, 0.1) is 17.1 Å². The zero-order valence-corrected chi connectivity index (χ0v) is 19.7. The lowest BCUT2D eigenvalue weighted by Gasteiger charge is -2.33. The van der Waals surface area contributed by atoms with Crippen molar-refractivity contribution in [2.45, 2.75) is 58.0 Å². The Morgan fingerprint density at radius 1 is 1.09 bits per heavy atom. The normalized spacial score (nSPS) is 20.2. The molecule has 0 N–H and O–H groups in total. The van der Waals surface area contributed by atoms with Crippen LogP contribution in [0.5, 0.6) is 0 Å². The Labute approximate surface area is 193 Å². The van der Waals surface area contributed by atoms with Crippen LogP contribution >= 0.6 is 0 Å². The molecule has 9 heteroatoms. The second-order valence-electron chi connectivity index (χ2n) is 8.97. The van der Waals surface area contributed by atoms with E-state index in [0.717, 1.165) is 37.1 Å². The SMILES string of the molecule is Cc1cc(C(=O)OCC(=O)N(C2CCCC2)C2CCS(=O)(=O)C2)c(C)n1-c1ccc(F)cc1. The van der Waals surface area contributed by atoms with Gasteiger partial charge in [-0.3, -0.25) is 4.79 Å². The standard InChI is InChI=1S/C24H29FN2O5S/c1-16-13-22(17(2)26(16)20-9-7-18(25)8-10-20)24(29)32-14-23(28)27(19-5-3-4-6-19)21-11-12-33(30,31)15-21/h7-10,13,19,21H,3-6,11-12,14-15H2,1-2H3. The molecule has 178 valence electrons. The van der Waals surface area contributed by atoms with E-state index in [0.29, 0.717) is 17.7 Å². The van der Waals surface area contributed by atoms with Crippen molar-refractivity contribution < 1.29 is 27.1 Å². The van der Waals surface area contributed by atoms with Gasteiger partial charge in [-0.2, -0.15) is 0 Å². The number of sulfone groups is 1. The van der Waals surface area contributed by atoms with Crippen LogP contribution in [0.15, 0.2) is 30.3 Å². The first-order valence-electron chi connectivity index (χ1n) is 11.3. The molecule has 2 aliphatic rings. The summed E-state index contributed by atoms with van der Waals surface area (Å²) in [5.41, 5.74) is 2.46. The third-order valence-corrected chi connectivity index (χ3v) is 8.42. The van der Waals surface area contributed by atoms with Gasteiger partial charge in [0.2, 0.25) is 0 Å². The molecule has 1 aliphatic carbocycles. The minimum atomic E-state index is -3.14. The van der Waals surface area contributed by atoms with Gasteiger partial charge in [-0.25, -0.2) is 17.6 Å². The predicted molar refractivity (Wildman–Crippen MR) is 122 cm³/mol. The summed E-state index contributed by atoms with van der Waals surface area (Å²) in [6, 6.07) is 7.29. The van der Waals surface area contributed by atoms with E-state index in [1.54, 1.807) is 30.0 Å². The number of halogens is 1. The zero-order valence-electron chi connectivity index (χ0n) is 18.9. The number of hydrogen-bond acceptors (Lipinski definition) is 5. The van der Waals surface area contributed by atoms with Crippen LogP contribution in [0.3, 0.4) is 0 Å². The summed E-state index contributed by atoms with van der Waals surface area (Å²) in [5, 5.41) is 0. The number of amides is 1. The molecule has 1 aliphatic heterocycles. The summed E-state index contributed by atoms with van der Waals surface area (Å²) in [7, 11) is -3.14. The van der Waals surface area contributed by atoms with Crippen LogP contribution in [0.4, 0.5) is 4.39 Å². The van der Waals surface area contributed by atoms with Gasteiger partial charge in [0.25, 0.3) is 5.91 Å². The molecular weight excluding hydrogens is 447 g/mol. The third-order valence-electron chi connectivity index (χ3n) is 6.67. The van der Waals surface area contributed by atoms with Crippen molar-refractivity contribution in [1.82, 2.24) is 9.47 Å². The van der Waals surface area contributed by atoms with Crippen LogP contribution in [-0.4, -0.2) is 60.0 Å². The monoisotopic (exact) mass is 476 g/mol. The molecule has 7 nitrogen and oxygen atoms in total. The van der Waals surface area contributed by atoms with Crippen molar-refractivity contribution >= 4 is 21.7 Å². The molecule has 1 amide bonds. The molecule has 0 spiro atoms. The van der Waals surface area contributed by atoms with Gasteiger partial charge in [-0.05, 0) is 63.4 Å². The third kappa shape index (κ3) is 4.98. The van der Waals surface area contributed by atoms with Crippen molar-refractivity contribution in [3.8, 4) is 5.69 Å². The largest absolute Gasteiger partial charge is 0.452 e. The van der Waals surface area contributed by atoms with E-state index in [-0.39, 0.29) is 35.3 Å². The van der Waals surface area contributed by atoms with Crippen molar-refractivity contribution in [2.75, 3.05) is 18.1 Å². The molecule has 1 aromatic heterocycles. The van der Waals surface area contributed by atoms with E-state index >= 15 is 0 Å². The van der Waals surface area contributed by atoms with Crippen LogP contribution < -0.4 is 0 Å². The Balaban J connectivity index is 1.48. The Morgan fingerprint density at radius 2 is 1.76 bits per heavy atom. The summed E-state index contributed by atoms with van der Waals surface area (Å²) >= 11 is 0. The van der Waals surface area contributed by atoms with Gasteiger partial charge in [-0.1, -0.05) is 12.8 Å². The molecule has 2 aromatic rings. The number of aromatic nitrogens is 1. The maximum atomic E-state index is 13.3. The van der Waals surface area contributed by atoms with Crippen LogP contribution in [-0.2, 0) is 19.4 Å². The van der Waals surface area contributed by atoms with E-state index in [2.05, 4.69) is 0 Å². The molecule has 2 fully saturated rings. The van der Waals surface area contributed by atoms with Gasteiger partial charge >= 0.3 is 5.97 Å². The van der Waals surface area contributed by atoms with Crippen molar-refractivity contribution in [2.24, 2.45) is 0 Å². The minimum absolute atomic E-state index is 0.00181. The summed E-state index contributed by atoms with van der Waals surface area (Å²) in [6.45, 7) is 3.18. The fourth-order valence-corrected chi connectivity index (χ4v) is 6.83. The van der Waals surface area contributed by atoms with E-state index in [9.17, 15) is 22.4 Å². The maximum absolute atomic E-state index is 13.3. The molecule has 0 radical (unpaired) electrons. The smallest absolute Gasteiger partial charge is 0.340 e. The number of benzene rings is 1. The summed E-state index contributed by atoms with van der Waals surface area (Å²) < 4.78 is 44.5. The number of ether oxygens (including phenoxy) is 1. The molecule has 1 saturated carbocycles. The Kier molecular flexibility index (Phi) is 6.61. The quantitative estimate of drug-likeness (QED) is 0.597. The Hall–Kier alpha value is -2.68. The number of aryl methyl sites for hydroxylation is 1. The van der Waals surface area contributed by atoms with E-state index in [4.69, 9.17) is 4.74 Å². The predicted octanol–water partition coefficient (Wildman–Crippen LogP) is 3.35. The lowest BCUT2D eigenvalue weighted by atomic mass is 10.1. The zero-order chi connectivity index (χ0) is 23.8. The second kappa shape index (κ2) is 9.29. The highest BCUT2D eigenvalue weighted by molar-refractivity contribution is 7.91. The van der Waals surface area contributed by atoms with Gasteiger partial charge in [0.15, 0.2) is 16.4 Å². The maximum Gasteiger partial charge on any atom is 0.340 e. The highest BCUT2D eigenvalue weighted by Gasteiger charge is 2.39. The first-order chi connectivity index (χ1) is 15.7. The van der Waals surface area contributed by atoms with Gasteiger partial charge in [0, 0.05) is 29.2 Å². The number of esters is 1. The number of nitrogens with zero attached hydrogens (tertiary/aromatic N) is 2. The number of rotatable bonds is 6. The Bertz CT molecular complexity index is 1150. The topological polar surface area (TPSA) is 85.7 Å². The van der Waals surface area contributed by atoms with Gasteiger partial charge in [-0.15, -0.1) is 0 Å². The molecule has 1 atom stereocenters. The first kappa shape index (κ1) is 23.5. The van der Waals surface area contributed by atoms with Crippen molar-refractivity contribution in [3.05, 3.63) is 53.1 Å². The van der Waals surface area contributed by atoms with Gasteiger partial charge < -0.3 is 14.2 Å². The summed E-state index contributed by atoms with van der Waals surface area (Å²) in [6.07, 6.45) is 4.12. The van der Waals surface area contributed by atoms with Crippen LogP contribution in [0, 0.1) is 19.7 Å². The van der Waals surface area contributed by atoms with Crippen LogP contribution in [0.1, 0.15) is 53.8 Å². The van der Waals surface area contributed by atoms with E-state index in [1.165, 1.54) is 12.1 Å². The molecule has 0 bridgehead atoms. The molecule has 1 aromatic carbocycles. The first-order valence-corrected chi connectivity index (χ1v) is 13.1. The fraction of sp³-hybridized carbons (Fsp3) is 0.500. The minimum Gasteiger partial charge on any atom is -0.452 e.